The van der Waals surface area contributed by atoms with E-state index in [2.05, 4.69) is 68.4 Å². The first kappa shape index (κ1) is 21.8. The van der Waals surface area contributed by atoms with Crippen molar-refractivity contribution in [3.63, 3.8) is 0 Å². The summed E-state index contributed by atoms with van der Waals surface area (Å²) in [5.74, 6) is 0.464. The maximum atomic E-state index is 12.0. The van der Waals surface area contributed by atoms with Gasteiger partial charge in [-0.3, -0.25) is 4.79 Å². The molecule has 0 fully saturated rings. The van der Waals surface area contributed by atoms with E-state index in [-0.39, 0.29) is 28.1 Å². The molecule has 144 valence electrons. The van der Waals surface area contributed by atoms with Crippen molar-refractivity contribution in [3.8, 4) is 0 Å². The number of carbonyl (C=O) groups is 1. The third-order valence-corrected chi connectivity index (χ3v) is 4.59. The number of ether oxygens (including phenoxy) is 1. The van der Waals surface area contributed by atoms with Crippen LogP contribution in [0.15, 0.2) is 23.0 Å². The van der Waals surface area contributed by atoms with Crippen molar-refractivity contribution in [2.24, 2.45) is 22.2 Å². The van der Waals surface area contributed by atoms with Gasteiger partial charge < -0.3 is 9.84 Å². The molecule has 0 bridgehead atoms. The Bertz CT molecular complexity index is 545. The van der Waals surface area contributed by atoms with Crippen LogP contribution in [0.1, 0.15) is 81.6 Å². The lowest BCUT2D eigenvalue weighted by atomic mass is 9.68. The van der Waals surface area contributed by atoms with Gasteiger partial charge in [-0.05, 0) is 34.7 Å². The van der Waals surface area contributed by atoms with E-state index < -0.39 is 0 Å². The van der Waals surface area contributed by atoms with Crippen LogP contribution in [-0.4, -0.2) is 17.7 Å². The van der Waals surface area contributed by atoms with E-state index in [0.717, 1.165) is 12.0 Å². The van der Waals surface area contributed by atoms with Gasteiger partial charge in [0.05, 0.1) is 12.4 Å². The molecule has 3 nitrogen and oxygen atoms in total. The van der Waals surface area contributed by atoms with Crippen molar-refractivity contribution < 1.29 is 14.6 Å². The third-order valence-electron chi connectivity index (χ3n) is 4.59. The fraction of sp³-hybridized carbons (Fsp3) is 0.773. The highest BCUT2D eigenvalue weighted by Gasteiger charge is 2.36. The molecule has 0 amide bonds. The van der Waals surface area contributed by atoms with Gasteiger partial charge in [0.1, 0.15) is 0 Å². The van der Waals surface area contributed by atoms with Crippen LogP contribution in [0.3, 0.4) is 0 Å². The van der Waals surface area contributed by atoms with Crippen molar-refractivity contribution in [2.75, 3.05) is 6.61 Å². The van der Waals surface area contributed by atoms with Gasteiger partial charge in [0.2, 0.25) is 0 Å². The third kappa shape index (κ3) is 6.87. The molecular formula is C22H38O3. The second-order valence-corrected chi connectivity index (χ2v) is 10.7. The topological polar surface area (TPSA) is 46.5 Å². The number of rotatable bonds is 4. The Kier molecular flexibility index (Phi) is 6.58. The van der Waals surface area contributed by atoms with Crippen LogP contribution in [0.5, 0.6) is 0 Å². The van der Waals surface area contributed by atoms with Gasteiger partial charge in [-0.2, -0.15) is 0 Å². The van der Waals surface area contributed by atoms with Crippen molar-refractivity contribution >= 4 is 5.97 Å². The summed E-state index contributed by atoms with van der Waals surface area (Å²) < 4.78 is 5.38. The molecular weight excluding hydrogens is 312 g/mol. The monoisotopic (exact) mass is 350 g/mol. The molecule has 25 heavy (non-hydrogen) atoms. The molecule has 0 aliphatic heterocycles. The predicted octanol–water partition coefficient (Wildman–Crippen LogP) is 6.21. The molecule has 0 aromatic carbocycles. The quantitative estimate of drug-likeness (QED) is 0.613. The first-order chi connectivity index (χ1) is 11.1. The van der Waals surface area contributed by atoms with E-state index in [4.69, 9.17) is 4.74 Å². The lowest BCUT2D eigenvalue weighted by Crippen LogP contribution is -2.29. The average molecular weight is 351 g/mol. The molecule has 1 aliphatic rings. The van der Waals surface area contributed by atoms with E-state index in [1.54, 1.807) is 0 Å². The zero-order valence-corrected chi connectivity index (χ0v) is 17.7. The molecule has 0 aromatic heterocycles. The summed E-state index contributed by atoms with van der Waals surface area (Å²) >= 11 is 0. The van der Waals surface area contributed by atoms with Crippen LogP contribution in [-0.2, 0) is 9.53 Å². The van der Waals surface area contributed by atoms with Gasteiger partial charge in [-0.15, -0.1) is 0 Å². The highest BCUT2D eigenvalue weighted by Crippen LogP contribution is 2.45. The minimum absolute atomic E-state index is 0.00890. The number of hydrogen-bond acceptors (Lipinski definition) is 3. The predicted molar refractivity (Wildman–Crippen MR) is 104 cm³/mol. The average Bonchev–Trinajstić information content (AvgIpc) is 2.40. The Morgan fingerprint density at radius 3 is 2.12 bits per heavy atom. The van der Waals surface area contributed by atoms with Crippen LogP contribution in [0, 0.1) is 22.2 Å². The smallest absolute Gasteiger partial charge is 0.306 e. The molecule has 0 spiro atoms. The van der Waals surface area contributed by atoms with E-state index in [9.17, 15) is 9.90 Å². The summed E-state index contributed by atoms with van der Waals surface area (Å²) in [5, 5.41) is 10.8. The van der Waals surface area contributed by atoms with Gasteiger partial charge >= 0.3 is 5.97 Å². The molecule has 1 aliphatic carbocycles. The first-order valence-corrected chi connectivity index (χ1v) is 9.40. The largest absolute Gasteiger partial charge is 0.512 e. The zero-order valence-electron chi connectivity index (χ0n) is 17.7. The van der Waals surface area contributed by atoms with Gasteiger partial charge in [-0.25, -0.2) is 0 Å². The molecule has 0 saturated carbocycles. The molecule has 0 heterocycles. The molecule has 1 rings (SSSR count). The van der Waals surface area contributed by atoms with E-state index in [1.165, 1.54) is 5.57 Å². The second kappa shape index (κ2) is 7.55. The Balaban J connectivity index is 2.88. The number of esters is 1. The lowest BCUT2D eigenvalue weighted by Gasteiger charge is -2.37. The minimum atomic E-state index is -0.140. The molecule has 0 aromatic rings. The summed E-state index contributed by atoms with van der Waals surface area (Å²) in [6, 6.07) is 0. The number of aliphatic hydroxyl groups is 1. The zero-order chi connectivity index (χ0) is 19.6. The normalized spacial score (nSPS) is 19.7. The number of allylic oxidation sites excluding steroid dienone is 4. The molecule has 0 saturated heterocycles. The van der Waals surface area contributed by atoms with Gasteiger partial charge in [-0.1, -0.05) is 74.0 Å². The van der Waals surface area contributed by atoms with Crippen molar-refractivity contribution in [1.29, 1.82) is 0 Å². The molecule has 1 atom stereocenters. The minimum Gasteiger partial charge on any atom is -0.512 e. The van der Waals surface area contributed by atoms with E-state index in [0.29, 0.717) is 25.2 Å². The maximum Gasteiger partial charge on any atom is 0.306 e. The summed E-state index contributed by atoms with van der Waals surface area (Å²) in [7, 11) is 0. The Labute approximate surface area is 154 Å². The molecule has 0 radical (unpaired) electrons. The van der Waals surface area contributed by atoms with Crippen LogP contribution in [0.2, 0.25) is 0 Å². The van der Waals surface area contributed by atoms with Gasteiger partial charge in [0.25, 0.3) is 0 Å². The standard InChI is InChI=1S/C22H38O3/c1-20(2,3)14-25-18(23)11-10-15-12-16(21(4,5)6)19(24)17(13-15)22(7,8)9/h12,17,24H,10-11,13-14H2,1-9H3. The number of carbonyl (C=O) groups excluding carboxylic acids is 1. The first-order valence-electron chi connectivity index (χ1n) is 9.40. The Hall–Kier alpha value is -1.25. The molecule has 1 N–H and O–H groups in total. The SMILES string of the molecule is CC(C)(C)COC(=O)CCC1=CC(C(C)(C)C)=C(O)C(C(C)(C)C)C1. The van der Waals surface area contributed by atoms with E-state index in [1.807, 2.05) is 0 Å². The van der Waals surface area contributed by atoms with E-state index >= 15 is 0 Å². The van der Waals surface area contributed by atoms with Crippen molar-refractivity contribution in [3.05, 3.63) is 23.0 Å². The summed E-state index contributed by atoms with van der Waals surface area (Å²) in [4.78, 5) is 12.0. The lowest BCUT2D eigenvalue weighted by molar-refractivity contribution is -0.146. The molecule has 1 unspecified atom stereocenters. The Morgan fingerprint density at radius 2 is 1.68 bits per heavy atom. The van der Waals surface area contributed by atoms with Crippen LogP contribution >= 0.6 is 0 Å². The molecule has 3 heteroatoms. The van der Waals surface area contributed by atoms with Gasteiger partial charge in [0.15, 0.2) is 0 Å². The Morgan fingerprint density at radius 1 is 1.12 bits per heavy atom. The van der Waals surface area contributed by atoms with Crippen molar-refractivity contribution in [1.82, 2.24) is 0 Å². The van der Waals surface area contributed by atoms with Crippen molar-refractivity contribution in [2.45, 2.75) is 81.6 Å². The van der Waals surface area contributed by atoms with Crippen LogP contribution < -0.4 is 0 Å². The highest BCUT2D eigenvalue weighted by atomic mass is 16.5. The van der Waals surface area contributed by atoms with Gasteiger partial charge in [0, 0.05) is 12.3 Å². The maximum absolute atomic E-state index is 12.0. The fourth-order valence-corrected chi connectivity index (χ4v) is 3.01. The van der Waals surface area contributed by atoms with Crippen LogP contribution in [0.4, 0.5) is 0 Å². The second-order valence-electron chi connectivity index (χ2n) is 10.7. The summed E-state index contributed by atoms with van der Waals surface area (Å²) in [6.07, 6.45) is 4.01. The fourth-order valence-electron chi connectivity index (χ4n) is 3.01. The number of hydrogen-bond donors (Lipinski definition) is 1. The number of aliphatic hydroxyl groups excluding tert-OH is 1. The van der Waals surface area contributed by atoms with Crippen LogP contribution in [0.25, 0.3) is 0 Å². The summed E-state index contributed by atoms with van der Waals surface area (Å²) in [5.41, 5.74) is 2.08. The highest BCUT2D eigenvalue weighted by molar-refractivity contribution is 5.69. The summed E-state index contributed by atoms with van der Waals surface area (Å²) in [6.45, 7) is 19.5.